The lowest BCUT2D eigenvalue weighted by molar-refractivity contribution is -0.158. The number of nitrogens with zero attached hydrogens (tertiary/aromatic N) is 1. The van der Waals surface area contributed by atoms with Crippen LogP contribution in [0.3, 0.4) is 0 Å². The first-order valence-electron chi connectivity index (χ1n) is 6.69. The van der Waals surface area contributed by atoms with E-state index >= 15 is 0 Å². The van der Waals surface area contributed by atoms with E-state index in [2.05, 4.69) is 15.5 Å². The molecule has 1 heterocycles. The van der Waals surface area contributed by atoms with E-state index in [9.17, 15) is 14.4 Å². The molecular formula is C14H21N3O4. The van der Waals surface area contributed by atoms with E-state index < -0.39 is 29.1 Å². The van der Waals surface area contributed by atoms with Crippen molar-refractivity contribution in [3.8, 4) is 0 Å². The van der Waals surface area contributed by atoms with Gasteiger partial charge in [0, 0.05) is 6.07 Å². The van der Waals surface area contributed by atoms with E-state index in [1.165, 1.54) is 12.1 Å². The molecule has 0 aromatic carbocycles. The molecule has 1 atom stereocenters. The topological polar surface area (TPSA) is 101 Å². The summed E-state index contributed by atoms with van der Waals surface area (Å²) >= 11 is 0. The maximum Gasteiger partial charge on any atom is 0.329 e. The van der Waals surface area contributed by atoms with Gasteiger partial charge in [-0.05, 0) is 32.8 Å². The van der Waals surface area contributed by atoms with Gasteiger partial charge in [-0.1, -0.05) is 13.8 Å². The summed E-state index contributed by atoms with van der Waals surface area (Å²) in [6.07, 6.45) is 0. The number of carbonyl (C=O) groups excluding carboxylic acids is 2. The Labute approximate surface area is 123 Å². The fraction of sp³-hybridized carbons (Fsp3) is 0.571. The third-order valence-corrected chi connectivity index (χ3v) is 2.53. The molecule has 2 N–H and O–H groups in total. The van der Waals surface area contributed by atoms with E-state index in [0.29, 0.717) is 0 Å². The summed E-state index contributed by atoms with van der Waals surface area (Å²) in [4.78, 5) is 35.1. The minimum Gasteiger partial charge on any atom is -0.458 e. The molecule has 21 heavy (non-hydrogen) atoms. The van der Waals surface area contributed by atoms with Crippen molar-refractivity contribution in [2.75, 3.05) is 0 Å². The van der Waals surface area contributed by atoms with E-state index in [1.54, 1.807) is 34.6 Å². The molecule has 1 rings (SSSR count). The Morgan fingerprint density at radius 3 is 2.33 bits per heavy atom. The normalized spacial score (nSPS) is 12.9. The number of aromatic nitrogens is 2. The van der Waals surface area contributed by atoms with Gasteiger partial charge >= 0.3 is 5.97 Å². The third-order valence-electron chi connectivity index (χ3n) is 2.53. The highest BCUT2D eigenvalue weighted by atomic mass is 16.6. The van der Waals surface area contributed by atoms with Crippen LogP contribution in [0.25, 0.3) is 0 Å². The van der Waals surface area contributed by atoms with Crippen LogP contribution in [0.1, 0.15) is 45.1 Å². The van der Waals surface area contributed by atoms with Crippen molar-refractivity contribution in [1.29, 1.82) is 0 Å². The standard InChI is InChI=1S/C14H21N3O4/c1-8(2)11(13(20)21-14(3,4)5)15-12(19)9-6-7-10(18)17-16-9/h6-8,11H,1-5H3,(H,15,19)(H,17,18)/t11-/m0/s1. The average molecular weight is 295 g/mol. The number of aromatic amines is 1. The van der Waals surface area contributed by atoms with Gasteiger partial charge in [0.25, 0.3) is 11.5 Å². The largest absolute Gasteiger partial charge is 0.458 e. The predicted octanol–water partition coefficient (Wildman–Crippen LogP) is 0.866. The Morgan fingerprint density at radius 2 is 1.90 bits per heavy atom. The highest BCUT2D eigenvalue weighted by Gasteiger charge is 2.29. The van der Waals surface area contributed by atoms with E-state index in [1.807, 2.05) is 0 Å². The number of esters is 1. The monoisotopic (exact) mass is 295 g/mol. The lowest BCUT2D eigenvalue weighted by Gasteiger charge is -2.26. The van der Waals surface area contributed by atoms with Crippen LogP contribution in [0.4, 0.5) is 0 Å². The molecule has 0 unspecified atom stereocenters. The molecule has 0 aliphatic heterocycles. The Hall–Kier alpha value is -2.18. The van der Waals surface area contributed by atoms with E-state index in [4.69, 9.17) is 4.74 Å². The summed E-state index contributed by atoms with van der Waals surface area (Å²) in [5.41, 5.74) is -1.01. The lowest BCUT2D eigenvalue weighted by Crippen LogP contribution is -2.47. The zero-order chi connectivity index (χ0) is 16.2. The van der Waals surface area contributed by atoms with Crippen LogP contribution in [0.5, 0.6) is 0 Å². The second kappa shape index (κ2) is 6.51. The van der Waals surface area contributed by atoms with Crippen molar-refractivity contribution in [3.05, 3.63) is 28.2 Å². The van der Waals surface area contributed by atoms with Crippen LogP contribution in [0.15, 0.2) is 16.9 Å². The van der Waals surface area contributed by atoms with Crippen molar-refractivity contribution in [3.63, 3.8) is 0 Å². The van der Waals surface area contributed by atoms with Gasteiger partial charge in [0.15, 0.2) is 0 Å². The van der Waals surface area contributed by atoms with Gasteiger partial charge in [0.05, 0.1) is 0 Å². The summed E-state index contributed by atoms with van der Waals surface area (Å²) in [6.45, 7) is 8.87. The van der Waals surface area contributed by atoms with Crippen LogP contribution < -0.4 is 10.9 Å². The third kappa shape index (κ3) is 5.37. The summed E-state index contributed by atoms with van der Waals surface area (Å²) < 4.78 is 5.29. The predicted molar refractivity (Wildman–Crippen MR) is 76.8 cm³/mol. The smallest absolute Gasteiger partial charge is 0.329 e. The van der Waals surface area contributed by atoms with Crippen LogP contribution in [0.2, 0.25) is 0 Å². The maximum atomic E-state index is 12.1. The lowest BCUT2D eigenvalue weighted by atomic mass is 10.0. The minimum absolute atomic E-state index is 0.0313. The van der Waals surface area contributed by atoms with Gasteiger partial charge in [0.1, 0.15) is 17.3 Å². The van der Waals surface area contributed by atoms with Crippen LogP contribution in [-0.2, 0) is 9.53 Å². The Balaban J connectivity index is 2.83. The number of rotatable bonds is 4. The Kier molecular flexibility index (Phi) is 5.23. The molecule has 0 aliphatic rings. The minimum atomic E-state index is -0.787. The zero-order valence-corrected chi connectivity index (χ0v) is 12.9. The molecule has 0 fully saturated rings. The Bertz CT molecular complexity index is 552. The molecule has 7 nitrogen and oxygen atoms in total. The van der Waals surface area contributed by atoms with Gasteiger partial charge in [-0.15, -0.1) is 0 Å². The molecule has 116 valence electrons. The number of H-pyrrole nitrogens is 1. The molecular weight excluding hydrogens is 274 g/mol. The first-order valence-corrected chi connectivity index (χ1v) is 6.69. The van der Waals surface area contributed by atoms with Gasteiger partial charge in [-0.3, -0.25) is 9.59 Å². The van der Waals surface area contributed by atoms with Gasteiger partial charge < -0.3 is 10.1 Å². The van der Waals surface area contributed by atoms with Crippen molar-refractivity contribution in [2.24, 2.45) is 5.92 Å². The maximum absolute atomic E-state index is 12.1. The summed E-state index contributed by atoms with van der Waals surface area (Å²) in [5, 5.41) is 8.37. The number of hydrogen-bond acceptors (Lipinski definition) is 5. The van der Waals surface area contributed by atoms with Crippen molar-refractivity contribution in [1.82, 2.24) is 15.5 Å². The molecule has 0 bridgehead atoms. The number of carbonyl (C=O) groups is 2. The highest BCUT2D eigenvalue weighted by molar-refractivity contribution is 5.95. The molecule has 0 saturated heterocycles. The second-order valence-corrected chi connectivity index (χ2v) is 6.04. The summed E-state index contributed by atoms with van der Waals surface area (Å²) in [5.74, 6) is -1.20. The average Bonchev–Trinajstić information content (AvgIpc) is 2.33. The molecule has 7 heteroatoms. The molecule has 1 amide bonds. The number of ether oxygens (including phenoxy) is 1. The van der Waals surface area contributed by atoms with Gasteiger partial charge in [-0.2, -0.15) is 5.10 Å². The van der Waals surface area contributed by atoms with E-state index in [-0.39, 0.29) is 11.6 Å². The molecule has 0 aliphatic carbocycles. The fourth-order valence-corrected chi connectivity index (χ4v) is 1.55. The number of amides is 1. The fourth-order valence-electron chi connectivity index (χ4n) is 1.55. The van der Waals surface area contributed by atoms with Gasteiger partial charge in [-0.25, -0.2) is 9.89 Å². The molecule has 1 aromatic rings. The quantitative estimate of drug-likeness (QED) is 0.802. The van der Waals surface area contributed by atoms with Gasteiger partial charge in [0.2, 0.25) is 0 Å². The van der Waals surface area contributed by atoms with Crippen molar-refractivity contribution >= 4 is 11.9 Å². The zero-order valence-electron chi connectivity index (χ0n) is 12.9. The Morgan fingerprint density at radius 1 is 1.29 bits per heavy atom. The summed E-state index contributed by atoms with van der Waals surface area (Å²) in [6, 6.07) is 1.70. The van der Waals surface area contributed by atoms with Crippen molar-refractivity contribution in [2.45, 2.75) is 46.3 Å². The van der Waals surface area contributed by atoms with Crippen LogP contribution in [0, 0.1) is 5.92 Å². The SMILES string of the molecule is CC(C)[C@H](NC(=O)c1ccc(=O)[nH]n1)C(=O)OC(C)(C)C. The summed E-state index contributed by atoms with van der Waals surface area (Å²) in [7, 11) is 0. The second-order valence-electron chi connectivity index (χ2n) is 6.04. The molecule has 0 spiro atoms. The first kappa shape index (κ1) is 16.9. The first-order chi connectivity index (χ1) is 9.60. The van der Waals surface area contributed by atoms with E-state index in [0.717, 1.165) is 0 Å². The van der Waals surface area contributed by atoms with Crippen molar-refractivity contribution < 1.29 is 14.3 Å². The van der Waals surface area contributed by atoms with Crippen LogP contribution in [-0.4, -0.2) is 33.7 Å². The molecule has 0 saturated carbocycles. The number of hydrogen-bond donors (Lipinski definition) is 2. The highest BCUT2D eigenvalue weighted by Crippen LogP contribution is 2.12. The molecule has 1 aromatic heterocycles. The number of nitrogens with one attached hydrogen (secondary N) is 2. The molecule has 0 radical (unpaired) electrons. The van der Waals surface area contributed by atoms with Crippen LogP contribution >= 0.6 is 0 Å².